The maximum atomic E-state index is 12.6. The van der Waals surface area contributed by atoms with Crippen molar-refractivity contribution >= 4 is 42.6 Å². The van der Waals surface area contributed by atoms with E-state index in [2.05, 4.69) is 13.8 Å². The minimum Gasteiger partial charge on any atom is -0.494 e. The van der Waals surface area contributed by atoms with Gasteiger partial charge in [-0.1, -0.05) is 49.2 Å². The van der Waals surface area contributed by atoms with E-state index in [0.29, 0.717) is 28.1 Å². The third-order valence-corrected chi connectivity index (χ3v) is 5.54. The van der Waals surface area contributed by atoms with Crippen LogP contribution in [0.5, 0.6) is 5.75 Å². The first-order chi connectivity index (χ1) is 11.4. The normalized spacial score (nSPS) is 11.0. The van der Waals surface area contributed by atoms with Gasteiger partial charge in [-0.2, -0.15) is 0 Å². The molecule has 2 aromatic carbocycles. The first-order valence-electron chi connectivity index (χ1n) is 7.87. The largest absolute Gasteiger partial charge is 1.00 e. The van der Waals surface area contributed by atoms with Crippen molar-refractivity contribution in [3.63, 3.8) is 0 Å². The molecule has 0 bridgehead atoms. The Bertz CT molecular complexity index is 715. The number of rotatable bonds is 7. The standard InChI is InChI=1S/C19H21Cl2O2P.Li/c1-12(2)9-10-23-14-7-8-17(13(3)11-14)24-19(22)18-15(20)5-4-6-16(18)21;/h4-8,11-12,24H,9-10H2,1-3H3;/q;+1. The number of benzene rings is 2. The van der Waals surface area contributed by atoms with Crippen molar-refractivity contribution in [3.8, 4) is 5.75 Å². The quantitative estimate of drug-likeness (QED) is 0.537. The van der Waals surface area contributed by atoms with Crippen LogP contribution in [0.1, 0.15) is 36.2 Å². The summed E-state index contributed by atoms with van der Waals surface area (Å²) >= 11 is 12.2. The molecule has 2 nitrogen and oxygen atoms in total. The van der Waals surface area contributed by atoms with Gasteiger partial charge in [-0.3, -0.25) is 4.79 Å². The van der Waals surface area contributed by atoms with Crippen LogP contribution in [0.15, 0.2) is 36.4 Å². The molecule has 0 aliphatic carbocycles. The Morgan fingerprint density at radius 3 is 2.36 bits per heavy atom. The van der Waals surface area contributed by atoms with Crippen LogP contribution in [-0.4, -0.2) is 12.1 Å². The predicted molar refractivity (Wildman–Crippen MR) is 105 cm³/mol. The van der Waals surface area contributed by atoms with Crippen molar-refractivity contribution in [3.05, 3.63) is 57.6 Å². The van der Waals surface area contributed by atoms with Gasteiger partial charge in [0.15, 0.2) is 5.52 Å². The van der Waals surface area contributed by atoms with Crippen LogP contribution in [0.3, 0.4) is 0 Å². The number of aryl methyl sites for hydroxylation is 1. The molecule has 1 unspecified atom stereocenters. The van der Waals surface area contributed by atoms with E-state index in [9.17, 15) is 4.79 Å². The molecule has 0 N–H and O–H groups in total. The zero-order chi connectivity index (χ0) is 17.7. The van der Waals surface area contributed by atoms with Crippen LogP contribution in [0.4, 0.5) is 0 Å². The van der Waals surface area contributed by atoms with Crippen molar-refractivity contribution in [2.24, 2.45) is 5.92 Å². The molecule has 0 spiro atoms. The van der Waals surface area contributed by atoms with E-state index in [-0.39, 0.29) is 33.0 Å². The minimum atomic E-state index is -0.0535. The summed E-state index contributed by atoms with van der Waals surface area (Å²) < 4.78 is 5.76. The Morgan fingerprint density at radius 1 is 1.16 bits per heavy atom. The summed E-state index contributed by atoms with van der Waals surface area (Å²) in [5.74, 6) is 1.45. The smallest absolute Gasteiger partial charge is 0.494 e. The van der Waals surface area contributed by atoms with E-state index in [1.54, 1.807) is 18.2 Å². The van der Waals surface area contributed by atoms with Gasteiger partial charge >= 0.3 is 18.9 Å². The molecule has 0 aliphatic rings. The molecule has 0 radical (unpaired) electrons. The van der Waals surface area contributed by atoms with E-state index >= 15 is 0 Å². The second-order valence-corrected chi connectivity index (χ2v) is 8.12. The van der Waals surface area contributed by atoms with E-state index in [0.717, 1.165) is 23.0 Å². The average molecular weight is 390 g/mol. The molecule has 0 aromatic heterocycles. The molecule has 0 saturated carbocycles. The summed E-state index contributed by atoms with van der Waals surface area (Å²) in [5.41, 5.74) is 1.38. The van der Waals surface area contributed by atoms with Crippen LogP contribution in [0.2, 0.25) is 10.0 Å². The van der Waals surface area contributed by atoms with E-state index < -0.39 is 0 Å². The van der Waals surface area contributed by atoms with Gasteiger partial charge in [0.05, 0.1) is 22.2 Å². The fourth-order valence-corrected chi connectivity index (χ4v) is 3.98. The first kappa shape index (κ1) is 22.6. The van der Waals surface area contributed by atoms with Crippen LogP contribution < -0.4 is 28.9 Å². The molecule has 25 heavy (non-hydrogen) atoms. The van der Waals surface area contributed by atoms with Crippen molar-refractivity contribution in [2.45, 2.75) is 27.2 Å². The summed E-state index contributed by atoms with van der Waals surface area (Å²) in [7, 11) is -0.0213. The molecular weight excluding hydrogens is 369 g/mol. The number of carbonyl (C=O) groups excluding carboxylic acids is 1. The summed E-state index contributed by atoms with van der Waals surface area (Å²) in [6.45, 7) is 7.03. The molecule has 128 valence electrons. The van der Waals surface area contributed by atoms with Crippen molar-refractivity contribution < 1.29 is 28.4 Å². The molecule has 0 heterocycles. The van der Waals surface area contributed by atoms with Gasteiger partial charge in [0.25, 0.3) is 0 Å². The fourth-order valence-electron chi connectivity index (χ4n) is 2.18. The Morgan fingerprint density at radius 2 is 1.80 bits per heavy atom. The number of hydrogen-bond acceptors (Lipinski definition) is 2. The van der Waals surface area contributed by atoms with Crippen molar-refractivity contribution in [1.29, 1.82) is 0 Å². The predicted octanol–water partition coefficient (Wildman–Crippen LogP) is 2.87. The van der Waals surface area contributed by atoms with Gasteiger partial charge in [0, 0.05) is 0 Å². The topological polar surface area (TPSA) is 26.3 Å². The molecule has 2 aromatic rings. The Hall–Kier alpha value is -0.483. The van der Waals surface area contributed by atoms with Gasteiger partial charge in [0.1, 0.15) is 5.75 Å². The second-order valence-electron chi connectivity index (χ2n) is 6.06. The molecule has 6 heteroatoms. The summed E-state index contributed by atoms with van der Waals surface area (Å²) in [5, 5.41) is 1.77. The summed E-state index contributed by atoms with van der Waals surface area (Å²) in [6.07, 6.45) is 1.02. The van der Waals surface area contributed by atoms with Gasteiger partial charge in [-0.25, -0.2) is 0 Å². The summed E-state index contributed by atoms with van der Waals surface area (Å²) in [4.78, 5) is 12.6. The fraction of sp³-hybridized carbons (Fsp3) is 0.316. The van der Waals surface area contributed by atoms with Crippen molar-refractivity contribution in [2.75, 3.05) is 6.61 Å². The first-order valence-corrected chi connectivity index (χ1v) is 9.63. The van der Waals surface area contributed by atoms with Crippen LogP contribution in [0.25, 0.3) is 0 Å². The average Bonchev–Trinajstić information content (AvgIpc) is 2.49. The van der Waals surface area contributed by atoms with Gasteiger partial charge in [-0.15, -0.1) is 0 Å². The van der Waals surface area contributed by atoms with Crippen molar-refractivity contribution in [1.82, 2.24) is 0 Å². The third kappa shape index (κ3) is 6.63. The minimum absolute atomic E-state index is 0. The zero-order valence-corrected chi connectivity index (χ0v) is 17.5. The number of ether oxygens (including phenoxy) is 1. The zero-order valence-electron chi connectivity index (χ0n) is 15.0. The molecule has 0 amide bonds. The van der Waals surface area contributed by atoms with Gasteiger partial charge < -0.3 is 4.74 Å². The molecule has 0 saturated heterocycles. The maximum absolute atomic E-state index is 12.6. The monoisotopic (exact) mass is 389 g/mol. The van der Waals surface area contributed by atoms with E-state index in [4.69, 9.17) is 27.9 Å². The van der Waals surface area contributed by atoms with E-state index in [1.807, 2.05) is 25.1 Å². The molecule has 1 atom stereocenters. The van der Waals surface area contributed by atoms with Crippen LogP contribution in [0, 0.1) is 12.8 Å². The number of halogens is 2. The Labute approximate surface area is 173 Å². The van der Waals surface area contributed by atoms with Gasteiger partial charge in [-0.05, 0) is 63.0 Å². The number of hydrogen-bond donors (Lipinski definition) is 0. The third-order valence-electron chi connectivity index (χ3n) is 3.60. The Balaban J connectivity index is 0.00000312. The van der Waals surface area contributed by atoms with Gasteiger partial charge in [0.2, 0.25) is 0 Å². The molecule has 0 aliphatic heterocycles. The molecule has 0 fully saturated rings. The van der Waals surface area contributed by atoms with Crippen LogP contribution >= 0.6 is 31.8 Å². The summed E-state index contributed by atoms with van der Waals surface area (Å²) in [6, 6.07) is 10.9. The van der Waals surface area contributed by atoms with Crippen LogP contribution in [-0.2, 0) is 0 Å². The Kier molecular flexibility index (Phi) is 9.58. The SMILES string of the molecule is Cc1cc(OCCC(C)C)ccc1PC(=O)c1c(Cl)cccc1Cl.[Li+]. The second kappa shape index (κ2) is 10.6. The maximum Gasteiger partial charge on any atom is 1.00 e. The van der Waals surface area contributed by atoms with E-state index in [1.165, 1.54) is 0 Å². The molecule has 2 rings (SSSR count). The molecular formula is C19H21Cl2LiO2P+. The number of carbonyl (C=O) groups is 1.